The minimum Gasteiger partial charge on any atom is -0.389 e. The Morgan fingerprint density at radius 1 is 1.23 bits per heavy atom. The van der Waals surface area contributed by atoms with Crippen LogP contribution in [-0.4, -0.2) is 46.4 Å². The van der Waals surface area contributed by atoms with E-state index in [0.29, 0.717) is 36.3 Å². The fraction of sp³-hybridized carbons (Fsp3) is 0.733. The quantitative estimate of drug-likeness (QED) is 0.901. The van der Waals surface area contributed by atoms with Crippen molar-refractivity contribution in [3.8, 4) is 0 Å². The molecule has 5 nitrogen and oxygen atoms in total. The van der Waals surface area contributed by atoms with Gasteiger partial charge in [0.05, 0.1) is 12.1 Å². The van der Waals surface area contributed by atoms with Gasteiger partial charge in [0.2, 0.25) is 5.95 Å². The average Bonchev–Trinajstić information content (AvgIpc) is 2.78. The van der Waals surface area contributed by atoms with Gasteiger partial charge in [-0.3, -0.25) is 0 Å². The van der Waals surface area contributed by atoms with E-state index in [4.69, 9.17) is 0 Å². The standard InChI is InChI=1S/C15H20F2N4O/c1-8-4-6-20(8)14-18-12-10(3-5-15(12,16)17)13(19-14)21-7-11(22)9(21)2/h8-9,11,22H,3-7H2,1-2H3/t8-,9-,11?/m0/s1. The van der Waals surface area contributed by atoms with E-state index >= 15 is 0 Å². The van der Waals surface area contributed by atoms with Crippen molar-refractivity contribution in [1.82, 2.24) is 9.97 Å². The summed E-state index contributed by atoms with van der Waals surface area (Å²) in [6.07, 6.45) is 0.713. The van der Waals surface area contributed by atoms with Gasteiger partial charge in [-0.1, -0.05) is 0 Å². The molecular formula is C15H20F2N4O. The van der Waals surface area contributed by atoms with Crippen LogP contribution >= 0.6 is 0 Å². The van der Waals surface area contributed by atoms with Crippen LogP contribution in [0.3, 0.4) is 0 Å². The topological polar surface area (TPSA) is 52.5 Å². The number of halogens is 2. The number of fused-ring (bicyclic) bond motifs is 1. The molecule has 4 rings (SSSR count). The number of aromatic nitrogens is 2. The van der Waals surface area contributed by atoms with Crippen LogP contribution in [0.2, 0.25) is 0 Å². The van der Waals surface area contributed by atoms with Gasteiger partial charge in [0.25, 0.3) is 5.92 Å². The first kappa shape index (κ1) is 14.1. The second-order valence-corrected chi connectivity index (χ2v) is 6.67. The van der Waals surface area contributed by atoms with Gasteiger partial charge in [0.15, 0.2) is 0 Å². The van der Waals surface area contributed by atoms with Gasteiger partial charge in [-0.15, -0.1) is 0 Å². The molecule has 0 radical (unpaired) electrons. The summed E-state index contributed by atoms with van der Waals surface area (Å²) in [5.74, 6) is -1.88. The molecule has 1 aliphatic carbocycles. The lowest BCUT2D eigenvalue weighted by atomic mass is 10.00. The maximum atomic E-state index is 14.2. The molecule has 0 aromatic carbocycles. The number of aliphatic hydroxyl groups is 1. The van der Waals surface area contributed by atoms with Crippen molar-refractivity contribution >= 4 is 11.8 Å². The maximum absolute atomic E-state index is 14.2. The Labute approximate surface area is 128 Å². The molecule has 1 aromatic rings. The largest absolute Gasteiger partial charge is 0.389 e. The lowest BCUT2D eigenvalue weighted by Gasteiger charge is -2.46. The molecular weight excluding hydrogens is 290 g/mol. The van der Waals surface area contributed by atoms with Gasteiger partial charge in [-0.05, 0) is 26.7 Å². The van der Waals surface area contributed by atoms with Crippen LogP contribution < -0.4 is 9.80 Å². The third-order valence-electron chi connectivity index (χ3n) is 5.29. The van der Waals surface area contributed by atoms with Crippen LogP contribution in [0.25, 0.3) is 0 Å². The van der Waals surface area contributed by atoms with E-state index in [1.807, 2.05) is 23.6 Å². The molecule has 0 spiro atoms. The van der Waals surface area contributed by atoms with Crippen LogP contribution in [0.1, 0.15) is 37.9 Å². The SMILES string of the molecule is C[C@H]1CCN1c1nc(N2CC(O)[C@@H]2C)c2c(n1)C(F)(F)CC2. The minimum absolute atomic E-state index is 0.0881. The molecule has 2 fully saturated rings. The van der Waals surface area contributed by atoms with E-state index in [1.165, 1.54) is 0 Å². The highest BCUT2D eigenvalue weighted by Crippen LogP contribution is 2.46. The third-order valence-corrected chi connectivity index (χ3v) is 5.29. The number of anilines is 2. The molecule has 3 atom stereocenters. The number of nitrogens with zero attached hydrogens (tertiary/aromatic N) is 4. The summed E-state index contributed by atoms with van der Waals surface area (Å²) in [6.45, 7) is 5.20. The fourth-order valence-electron chi connectivity index (χ4n) is 3.44. The first-order valence-electron chi connectivity index (χ1n) is 7.89. The van der Waals surface area contributed by atoms with Crippen molar-refractivity contribution in [3.05, 3.63) is 11.3 Å². The monoisotopic (exact) mass is 310 g/mol. The van der Waals surface area contributed by atoms with E-state index < -0.39 is 12.0 Å². The molecule has 2 aliphatic heterocycles. The average molecular weight is 310 g/mol. The predicted molar refractivity (Wildman–Crippen MR) is 78.5 cm³/mol. The van der Waals surface area contributed by atoms with Gasteiger partial charge >= 0.3 is 0 Å². The summed E-state index contributed by atoms with van der Waals surface area (Å²) in [6, 6.07) is 0.204. The highest BCUT2D eigenvalue weighted by atomic mass is 19.3. The highest BCUT2D eigenvalue weighted by Gasteiger charge is 2.46. The van der Waals surface area contributed by atoms with Crippen LogP contribution in [-0.2, 0) is 12.3 Å². The normalized spacial score (nSPS) is 32.5. The fourth-order valence-corrected chi connectivity index (χ4v) is 3.44. The van der Waals surface area contributed by atoms with Crippen molar-refractivity contribution < 1.29 is 13.9 Å². The Morgan fingerprint density at radius 2 is 2.00 bits per heavy atom. The van der Waals surface area contributed by atoms with Gasteiger partial charge < -0.3 is 14.9 Å². The lowest BCUT2D eigenvalue weighted by molar-refractivity contribution is -0.00596. The van der Waals surface area contributed by atoms with Gasteiger partial charge in [0, 0.05) is 31.1 Å². The molecule has 3 aliphatic rings. The second kappa shape index (κ2) is 4.50. The van der Waals surface area contributed by atoms with E-state index in [1.54, 1.807) is 0 Å². The Kier molecular flexibility index (Phi) is 2.89. The summed E-state index contributed by atoms with van der Waals surface area (Å²) in [5.41, 5.74) is 0.445. The molecule has 2 saturated heterocycles. The molecule has 0 amide bonds. The van der Waals surface area contributed by atoms with Crippen molar-refractivity contribution in [3.63, 3.8) is 0 Å². The Bertz CT molecular complexity index is 624. The number of rotatable bonds is 2. The zero-order valence-corrected chi connectivity index (χ0v) is 12.8. The summed E-state index contributed by atoms with van der Waals surface area (Å²) < 4.78 is 28.3. The number of hydrogen-bond donors (Lipinski definition) is 1. The van der Waals surface area contributed by atoms with E-state index in [2.05, 4.69) is 9.97 Å². The Hall–Kier alpha value is -1.50. The molecule has 0 saturated carbocycles. The number of alkyl halides is 2. The molecule has 22 heavy (non-hydrogen) atoms. The first-order valence-corrected chi connectivity index (χ1v) is 7.89. The van der Waals surface area contributed by atoms with Gasteiger partial charge in [0.1, 0.15) is 11.5 Å². The van der Waals surface area contributed by atoms with Crippen molar-refractivity contribution in [2.45, 2.75) is 57.2 Å². The zero-order chi connectivity index (χ0) is 15.6. The summed E-state index contributed by atoms with van der Waals surface area (Å²) in [7, 11) is 0. The maximum Gasteiger partial charge on any atom is 0.290 e. The number of β-amino-alcohol motifs (C(OH)–C–C–N with tert-alkyl or cyclic N) is 1. The zero-order valence-electron chi connectivity index (χ0n) is 12.8. The second-order valence-electron chi connectivity index (χ2n) is 6.67. The molecule has 7 heteroatoms. The summed E-state index contributed by atoms with van der Waals surface area (Å²) in [4.78, 5) is 12.7. The van der Waals surface area contributed by atoms with E-state index in [-0.39, 0.29) is 18.2 Å². The molecule has 1 N–H and O–H groups in total. The highest BCUT2D eigenvalue weighted by molar-refractivity contribution is 5.59. The third kappa shape index (κ3) is 1.84. The Balaban J connectivity index is 1.80. The van der Waals surface area contributed by atoms with E-state index in [9.17, 15) is 13.9 Å². The first-order chi connectivity index (χ1) is 10.4. The van der Waals surface area contributed by atoms with Crippen LogP contribution in [0.15, 0.2) is 0 Å². The van der Waals surface area contributed by atoms with Crippen LogP contribution in [0.4, 0.5) is 20.5 Å². The van der Waals surface area contributed by atoms with Gasteiger partial charge in [-0.25, -0.2) is 4.98 Å². The molecule has 0 bridgehead atoms. The predicted octanol–water partition coefficient (Wildman–Crippen LogP) is 1.68. The number of aliphatic hydroxyl groups excluding tert-OH is 1. The van der Waals surface area contributed by atoms with Crippen molar-refractivity contribution in [2.24, 2.45) is 0 Å². The molecule has 120 valence electrons. The molecule has 3 heterocycles. The van der Waals surface area contributed by atoms with Crippen molar-refractivity contribution in [1.29, 1.82) is 0 Å². The molecule has 1 unspecified atom stereocenters. The van der Waals surface area contributed by atoms with Gasteiger partial charge in [-0.2, -0.15) is 13.8 Å². The smallest absolute Gasteiger partial charge is 0.290 e. The Morgan fingerprint density at radius 3 is 2.55 bits per heavy atom. The van der Waals surface area contributed by atoms with Crippen LogP contribution in [0.5, 0.6) is 0 Å². The molecule has 1 aromatic heterocycles. The number of hydrogen-bond acceptors (Lipinski definition) is 5. The van der Waals surface area contributed by atoms with Crippen LogP contribution in [0, 0.1) is 0 Å². The summed E-state index contributed by atoms with van der Waals surface area (Å²) in [5, 5.41) is 9.73. The summed E-state index contributed by atoms with van der Waals surface area (Å²) >= 11 is 0. The lowest BCUT2D eigenvalue weighted by Crippen LogP contribution is -2.59. The van der Waals surface area contributed by atoms with E-state index in [0.717, 1.165) is 13.0 Å². The minimum atomic E-state index is -2.87. The van der Waals surface area contributed by atoms with Crippen molar-refractivity contribution in [2.75, 3.05) is 22.9 Å².